The Balaban J connectivity index is 2.22. The van der Waals surface area contributed by atoms with E-state index >= 15 is 0 Å². The Morgan fingerprint density at radius 1 is 1.04 bits per heavy atom. The topological polar surface area (TPSA) is 41.5 Å². The van der Waals surface area contributed by atoms with Crippen LogP contribution in [0, 0.1) is 6.92 Å². The summed E-state index contributed by atoms with van der Waals surface area (Å²) >= 11 is 0. The normalized spacial score (nSPS) is 13.3. The van der Waals surface area contributed by atoms with Crippen LogP contribution in [-0.2, 0) is 5.41 Å². The van der Waals surface area contributed by atoms with Gasteiger partial charge in [0.25, 0.3) is 0 Å². The molecule has 0 radical (unpaired) electrons. The highest BCUT2D eigenvalue weighted by atomic mass is 16.5. The first-order valence-electron chi connectivity index (χ1n) is 10.1. The highest BCUT2D eigenvalue weighted by Crippen LogP contribution is 2.35. The van der Waals surface area contributed by atoms with Crippen LogP contribution < -0.4 is 10.1 Å². The molecule has 3 heteroatoms. The van der Waals surface area contributed by atoms with Crippen LogP contribution in [0.1, 0.15) is 56.9 Å². The van der Waals surface area contributed by atoms with E-state index in [9.17, 15) is 5.11 Å². The minimum absolute atomic E-state index is 0.0577. The van der Waals surface area contributed by atoms with Gasteiger partial charge in [-0.1, -0.05) is 77.1 Å². The van der Waals surface area contributed by atoms with Gasteiger partial charge in [-0.05, 0) is 41.2 Å². The standard InChI is InChI=1S/C25H35NO2/c1-18(2)26-16-22(27)17-28-24-19(3)14-21(15-23(24)25(4,5)6)13-12-20-10-8-7-9-11-20/h7-15,18,22,26-27H,16-17H2,1-6H3/b13-12+. The van der Waals surface area contributed by atoms with Crippen molar-refractivity contribution in [2.75, 3.05) is 13.2 Å². The molecule has 0 bridgehead atoms. The van der Waals surface area contributed by atoms with Gasteiger partial charge in [-0.15, -0.1) is 0 Å². The predicted octanol–water partition coefficient (Wildman–Crippen LogP) is 5.20. The lowest BCUT2D eigenvalue weighted by Gasteiger charge is -2.26. The Kier molecular flexibility index (Phi) is 7.85. The minimum atomic E-state index is -0.535. The molecule has 2 N–H and O–H groups in total. The van der Waals surface area contributed by atoms with E-state index in [1.165, 1.54) is 5.56 Å². The largest absolute Gasteiger partial charge is 0.490 e. The van der Waals surface area contributed by atoms with Crippen LogP contribution in [0.3, 0.4) is 0 Å². The molecule has 3 nitrogen and oxygen atoms in total. The number of rotatable bonds is 8. The Morgan fingerprint density at radius 3 is 2.29 bits per heavy atom. The number of hydrogen-bond acceptors (Lipinski definition) is 3. The summed E-state index contributed by atoms with van der Waals surface area (Å²) in [7, 11) is 0. The smallest absolute Gasteiger partial charge is 0.126 e. The zero-order chi connectivity index (χ0) is 20.7. The van der Waals surface area contributed by atoms with Crippen molar-refractivity contribution in [3.05, 3.63) is 64.7 Å². The molecule has 0 spiro atoms. The quantitative estimate of drug-likeness (QED) is 0.618. The molecule has 152 valence electrons. The number of ether oxygens (including phenoxy) is 1. The molecule has 0 aliphatic heterocycles. The first kappa shape index (κ1) is 22.2. The first-order chi connectivity index (χ1) is 13.2. The van der Waals surface area contributed by atoms with Crippen LogP contribution in [0.4, 0.5) is 0 Å². The number of aliphatic hydroxyl groups is 1. The molecule has 2 rings (SSSR count). The van der Waals surface area contributed by atoms with Crippen molar-refractivity contribution >= 4 is 12.2 Å². The molecule has 0 aromatic heterocycles. The van der Waals surface area contributed by atoms with Crippen molar-refractivity contribution in [2.45, 2.75) is 59.1 Å². The monoisotopic (exact) mass is 381 g/mol. The van der Waals surface area contributed by atoms with Crippen LogP contribution in [0.5, 0.6) is 5.75 Å². The first-order valence-corrected chi connectivity index (χ1v) is 10.1. The van der Waals surface area contributed by atoms with Crippen LogP contribution in [-0.4, -0.2) is 30.4 Å². The fraction of sp³-hybridized carbons (Fsp3) is 0.440. The maximum atomic E-state index is 10.2. The van der Waals surface area contributed by atoms with Crippen molar-refractivity contribution in [3.8, 4) is 5.75 Å². The van der Waals surface area contributed by atoms with Gasteiger partial charge >= 0.3 is 0 Å². The highest BCUT2D eigenvalue weighted by Gasteiger charge is 2.22. The van der Waals surface area contributed by atoms with E-state index in [2.05, 4.69) is 83.3 Å². The van der Waals surface area contributed by atoms with E-state index in [1.807, 2.05) is 18.2 Å². The van der Waals surface area contributed by atoms with Gasteiger partial charge in [0.2, 0.25) is 0 Å². The molecule has 0 aliphatic carbocycles. The second-order valence-electron chi connectivity index (χ2n) is 8.74. The van der Waals surface area contributed by atoms with Gasteiger partial charge in [0.05, 0.1) is 0 Å². The van der Waals surface area contributed by atoms with Gasteiger partial charge < -0.3 is 15.2 Å². The van der Waals surface area contributed by atoms with Crippen molar-refractivity contribution in [3.63, 3.8) is 0 Å². The molecule has 0 fully saturated rings. The zero-order valence-corrected chi connectivity index (χ0v) is 18.1. The minimum Gasteiger partial charge on any atom is -0.490 e. The van der Waals surface area contributed by atoms with Gasteiger partial charge in [-0.25, -0.2) is 0 Å². The van der Waals surface area contributed by atoms with E-state index in [0.29, 0.717) is 12.6 Å². The molecule has 2 aromatic rings. The van der Waals surface area contributed by atoms with Crippen LogP contribution in [0.2, 0.25) is 0 Å². The number of benzene rings is 2. The Hall–Kier alpha value is -2.10. The second-order valence-corrected chi connectivity index (χ2v) is 8.74. The van der Waals surface area contributed by atoms with Crippen LogP contribution in [0.25, 0.3) is 12.2 Å². The lowest BCUT2D eigenvalue weighted by atomic mass is 9.84. The molecule has 1 unspecified atom stereocenters. The summed E-state index contributed by atoms with van der Waals surface area (Å²) in [5, 5.41) is 13.5. The second kappa shape index (κ2) is 9.90. The van der Waals surface area contributed by atoms with E-state index in [-0.39, 0.29) is 12.0 Å². The molecular formula is C25H35NO2. The van der Waals surface area contributed by atoms with Gasteiger partial charge in [0.1, 0.15) is 18.5 Å². The Labute approximate surface area is 170 Å². The molecule has 2 aromatic carbocycles. The third-order valence-corrected chi connectivity index (χ3v) is 4.55. The van der Waals surface area contributed by atoms with E-state index < -0.39 is 6.10 Å². The fourth-order valence-electron chi connectivity index (χ4n) is 3.01. The molecular weight excluding hydrogens is 346 g/mol. The molecule has 0 heterocycles. The summed E-state index contributed by atoms with van der Waals surface area (Å²) in [6.45, 7) is 13.6. The summed E-state index contributed by atoms with van der Waals surface area (Å²) in [5.41, 5.74) is 4.52. The summed E-state index contributed by atoms with van der Waals surface area (Å²) in [6, 6.07) is 15.0. The summed E-state index contributed by atoms with van der Waals surface area (Å²) in [5.74, 6) is 0.882. The third-order valence-electron chi connectivity index (χ3n) is 4.55. The van der Waals surface area contributed by atoms with Crippen molar-refractivity contribution in [2.24, 2.45) is 0 Å². The lowest BCUT2D eigenvalue weighted by molar-refractivity contribution is 0.103. The molecule has 28 heavy (non-hydrogen) atoms. The van der Waals surface area contributed by atoms with Gasteiger partial charge in [0, 0.05) is 18.2 Å². The maximum absolute atomic E-state index is 10.2. The van der Waals surface area contributed by atoms with Crippen molar-refractivity contribution in [1.82, 2.24) is 5.32 Å². The lowest BCUT2D eigenvalue weighted by Crippen LogP contribution is -2.35. The number of aryl methyl sites for hydroxylation is 1. The summed E-state index contributed by atoms with van der Waals surface area (Å²) in [6.07, 6.45) is 3.73. The number of aliphatic hydroxyl groups excluding tert-OH is 1. The summed E-state index contributed by atoms with van der Waals surface area (Å²) in [4.78, 5) is 0. The SMILES string of the molecule is Cc1cc(/C=C/c2ccccc2)cc(C(C)(C)C)c1OCC(O)CNC(C)C. The Morgan fingerprint density at radius 2 is 1.68 bits per heavy atom. The average molecular weight is 382 g/mol. The highest BCUT2D eigenvalue weighted by molar-refractivity contribution is 5.71. The predicted molar refractivity (Wildman–Crippen MR) is 120 cm³/mol. The Bertz CT molecular complexity index is 773. The van der Waals surface area contributed by atoms with E-state index in [4.69, 9.17) is 4.74 Å². The van der Waals surface area contributed by atoms with Crippen molar-refractivity contribution < 1.29 is 9.84 Å². The van der Waals surface area contributed by atoms with Gasteiger partial charge in [-0.2, -0.15) is 0 Å². The van der Waals surface area contributed by atoms with Gasteiger partial charge in [0.15, 0.2) is 0 Å². The average Bonchev–Trinajstić information content (AvgIpc) is 2.63. The third kappa shape index (κ3) is 6.81. The van der Waals surface area contributed by atoms with Crippen LogP contribution in [0.15, 0.2) is 42.5 Å². The van der Waals surface area contributed by atoms with E-state index in [1.54, 1.807) is 0 Å². The maximum Gasteiger partial charge on any atom is 0.126 e. The van der Waals surface area contributed by atoms with Crippen molar-refractivity contribution in [1.29, 1.82) is 0 Å². The van der Waals surface area contributed by atoms with E-state index in [0.717, 1.165) is 22.4 Å². The molecule has 0 aliphatic rings. The van der Waals surface area contributed by atoms with Gasteiger partial charge in [-0.3, -0.25) is 0 Å². The fourth-order valence-corrected chi connectivity index (χ4v) is 3.01. The number of nitrogens with one attached hydrogen (secondary N) is 1. The number of hydrogen-bond donors (Lipinski definition) is 2. The molecule has 0 saturated heterocycles. The zero-order valence-electron chi connectivity index (χ0n) is 18.1. The molecule has 0 amide bonds. The molecule has 1 atom stereocenters. The van der Waals surface area contributed by atoms with Crippen LogP contribution >= 0.6 is 0 Å². The molecule has 0 saturated carbocycles. The summed E-state index contributed by atoms with van der Waals surface area (Å²) < 4.78 is 6.09.